The highest BCUT2D eigenvalue weighted by molar-refractivity contribution is 7.90. The summed E-state index contributed by atoms with van der Waals surface area (Å²) in [4.78, 5) is 3.93. The average molecular weight is 316 g/mol. The molecule has 0 unspecified atom stereocenters. The lowest BCUT2D eigenvalue weighted by Crippen LogP contribution is -1.98. The zero-order valence-corrected chi connectivity index (χ0v) is 12.1. The van der Waals surface area contributed by atoms with Gasteiger partial charge in [-0.25, -0.2) is 17.8 Å². The van der Waals surface area contributed by atoms with Gasteiger partial charge in [0.15, 0.2) is 9.84 Å². The van der Waals surface area contributed by atoms with Crippen molar-refractivity contribution in [2.45, 2.75) is 10.8 Å². The summed E-state index contributed by atoms with van der Waals surface area (Å²) < 4.78 is 41.4. The summed E-state index contributed by atoms with van der Waals surface area (Å²) >= 11 is 5.69. The molecule has 0 spiro atoms. The van der Waals surface area contributed by atoms with E-state index in [-0.39, 0.29) is 16.7 Å². The van der Waals surface area contributed by atoms with Crippen molar-refractivity contribution in [2.75, 3.05) is 6.26 Å². The molecule has 1 aromatic carbocycles. The highest BCUT2D eigenvalue weighted by atomic mass is 35.5. The number of rotatable bonds is 4. The minimum Gasteiger partial charge on any atom is -0.439 e. The van der Waals surface area contributed by atoms with E-state index in [2.05, 4.69) is 4.98 Å². The number of pyridine rings is 1. The lowest BCUT2D eigenvalue weighted by Gasteiger charge is -2.09. The Morgan fingerprint density at radius 3 is 2.75 bits per heavy atom. The fourth-order valence-corrected chi connectivity index (χ4v) is 2.38. The third-order valence-corrected chi connectivity index (χ3v) is 3.88. The molecule has 0 aliphatic carbocycles. The zero-order valence-electron chi connectivity index (χ0n) is 10.5. The average Bonchev–Trinajstić information content (AvgIpc) is 2.40. The van der Waals surface area contributed by atoms with Crippen LogP contribution in [0.1, 0.15) is 5.56 Å². The second-order valence-electron chi connectivity index (χ2n) is 4.10. The van der Waals surface area contributed by atoms with Crippen LogP contribution < -0.4 is 4.74 Å². The molecule has 0 aliphatic rings. The van der Waals surface area contributed by atoms with Crippen molar-refractivity contribution in [3.8, 4) is 11.6 Å². The number of hydrogen-bond donors (Lipinski definition) is 0. The van der Waals surface area contributed by atoms with Crippen LogP contribution in [0.3, 0.4) is 0 Å². The number of alkyl halides is 1. The Balaban J connectivity index is 2.36. The maximum absolute atomic E-state index is 13.0. The van der Waals surface area contributed by atoms with Crippen LogP contribution in [0.15, 0.2) is 41.4 Å². The van der Waals surface area contributed by atoms with E-state index in [4.69, 9.17) is 16.3 Å². The van der Waals surface area contributed by atoms with Crippen LogP contribution in [0.4, 0.5) is 4.39 Å². The molecule has 0 N–H and O–H groups in total. The molecule has 20 heavy (non-hydrogen) atoms. The number of nitrogens with zero attached hydrogens (tertiary/aromatic N) is 1. The van der Waals surface area contributed by atoms with Crippen molar-refractivity contribution >= 4 is 21.4 Å². The molecule has 0 saturated carbocycles. The van der Waals surface area contributed by atoms with E-state index in [1.807, 2.05) is 0 Å². The second-order valence-corrected chi connectivity index (χ2v) is 6.38. The maximum Gasteiger partial charge on any atom is 0.223 e. The van der Waals surface area contributed by atoms with Crippen LogP contribution in [-0.4, -0.2) is 19.7 Å². The molecule has 0 radical (unpaired) electrons. The van der Waals surface area contributed by atoms with Gasteiger partial charge in [0.25, 0.3) is 0 Å². The Labute approximate surface area is 121 Å². The van der Waals surface area contributed by atoms with E-state index in [1.54, 1.807) is 12.1 Å². The van der Waals surface area contributed by atoms with Crippen molar-refractivity contribution < 1.29 is 17.5 Å². The summed E-state index contributed by atoms with van der Waals surface area (Å²) in [6, 6.07) is 7.18. The van der Waals surface area contributed by atoms with Crippen LogP contribution >= 0.6 is 11.6 Å². The lowest BCUT2D eigenvalue weighted by molar-refractivity contribution is 0.452. The molecule has 1 aromatic heterocycles. The van der Waals surface area contributed by atoms with Gasteiger partial charge in [-0.3, -0.25) is 0 Å². The molecular weight excluding hydrogens is 305 g/mol. The van der Waals surface area contributed by atoms with Crippen LogP contribution in [0.25, 0.3) is 0 Å². The number of halogens is 2. The highest BCUT2D eigenvalue weighted by Gasteiger charge is 2.11. The van der Waals surface area contributed by atoms with Gasteiger partial charge in [-0.05, 0) is 24.3 Å². The van der Waals surface area contributed by atoms with E-state index in [9.17, 15) is 12.8 Å². The predicted octanol–water partition coefficient (Wildman–Crippen LogP) is 3.16. The van der Waals surface area contributed by atoms with Crippen molar-refractivity contribution in [3.05, 3.63) is 47.9 Å². The summed E-state index contributed by atoms with van der Waals surface area (Å²) in [5.74, 6) is -0.0467. The summed E-state index contributed by atoms with van der Waals surface area (Å²) in [7, 11) is -3.33. The van der Waals surface area contributed by atoms with E-state index in [0.29, 0.717) is 11.3 Å². The molecule has 0 amide bonds. The standard InChI is InChI=1S/C13H11ClFNO3S/c1-20(17,18)12-4-2-3-11(6-12)19-13-9(7-14)5-10(15)8-16-13/h2-6,8H,7H2,1H3. The van der Waals surface area contributed by atoms with Gasteiger partial charge in [-0.1, -0.05) is 6.07 Å². The zero-order chi connectivity index (χ0) is 14.8. The molecular formula is C13H11ClFNO3S. The molecule has 2 aromatic rings. The third-order valence-electron chi connectivity index (χ3n) is 2.48. The quantitative estimate of drug-likeness (QED) is 0.813. The Kier molecular flexibility index (Phi) is 4.25. The first-order chi connectivity index (χ1) is 9.40. The molecule has 2 rings (SSSR count). The first kappa shape index (κ1) is 14.7. The first-order valence-corrected chi connectivity index (χ1v) is 8.01. The second kappa shape index (κ2) is 5.76. The number of benzene rings is 1. The molecule has 0 atom stereocenters. The molecule has 106 valence electrons. The normalized spacial score (nSPS) is 11.3. The number of hydrogen-bond acceptors (Lipinski definition) is 4. The SMILES string of the molecule is CS(=O)(=O)c1cccc(Oc2ncc(F)cc2CCl)c1. The number of sulfone groups is 1. The first-order valence-electron chi connectivity index (χ1n) is 5.58. The molecule has 0 fully saturated rings. The lowest BCUT2D eigenvalue weighted by atomic mass is 10.3. The van der Waals surface area contributed by atoms with Crippen molar-refractivity contribution in [2.24, 2.45) is 0 Å². The number of ether oxygens (including phenoxy) is 1. The van der Waals surface area contributed by atoms with Gasteiger partial charge in [-0.2, -0.15) is 0 Å². The Morgan fingerprint density at radius 2 is 2.10 bits per heavy atom. The molecule has 0 saturated heterocycles. The topological polar surface area (TPSA) is 56.3 Å². The predicted molar refractivity (Wildman–Crippen MR) is 73.4 cm³/mol. The van der Waals surface area contributed by atoms with Crippen molar-refractivity contribution in [3.63, 3.8) is 0 Å². The summed E-state index contributed by atoms with van der Waals surface area (Å²) in [5.41, 5.74) is 0.386. The Bertz CT molecular complexity index is 734. The number of aromatic nitrogens is 1. The molecule has 1 heterocycles. The minimum absolute atomic E-state index is 0.0336. The van der Waals surface area contributed by atoms with Crippen molar-refractivity contribution in [1.29, 1.82) is 0 Å². The van der Waals surface area contributed by atoms with E-state index < -0.39 is 15.7 Å². The van der Waals surface area contributed by atoms with Gasteiger partial charge >= 0.3 is 0 Å². The fraction of sp³-hybridized carbons (Fsp3) is 0.154. The Morgan fingerprint density at radius 1 is 1.35 bits per heavy atom. The summed E-state index contributed by atoms with van der Waals surface area (Å²) in [6.07, 6.45) is 2.11. The van der Waals surface area contributed by atoms with Gasteiger partial charge in [0.2, 0.25) is 5.88 Å². The third kappa shape index (κ3) is 3.46. The van der Waals surface area contributed by atoms with Gasteiger partial charge in [0.05, 0.1) is 17.0 Å². The molecule has 7 heteroatoms. The van der Waals surface area contributed by atoms with Crippen molar-refractivity contribution in [1.82, 2.24) is 4.98 Å². The maximum atomic E-state index is 13.0. The van der Waals surface area contributed by atoms with E-state index in [0.717, 1.165) is 12.5 Å². The molecule has 0 bridgehead atoms. The van der Waals surface area contributed by atoms with Crippen LogP contribution in [0, 0.1) is 5.82 Å². The highest BCUT2D eigenvalue weighted by Crippen LogP contribution is 2.26. The van der Waals surface area contributed by atoms with Crippen LogP contribution in [0.5, 0.6) is 11.6 Å². The smallest absolute Gasteiger partial charge is 0.223 e. The van der Waals surface area contributed by atoms with Gasteiger partial charge < -0.3 is 4.74 Å². The Hall–Kier alpha value is -1.66. The summed E-state index contributed by atoms with van der Waals surface area (Å²) in [5, 5.41) is 0. The van der Waals surface area contributed by atoms with E-state index in [1.165, 1.54) is 18.2 Å². The van der Waals surface area contributed by atoms with Gasteiger partial charge in [-0.15, -0.1) is 11.6 Å². The molecule has 4 nitrogen and oxygen atoms in total. The van der Waals surface area contributed by atoms with Gasteiger partial charge in [0, 0.05) is 11.8 Å². The monoisotopic (exact) mass is 315 g/mol. The molecule has 0 aliphatic heterocycles. The largest absolute Gasteiger partial charge is 0.439 e. The van der Waals surface area contributed by atoms with E-state index >= 15 is 0 Å². The van der Waals surface area contributed by atoms with Crippen LogP contribution in [-0.2, 0) is 15.7 Å². The van der Waals surface area contributed by atoms with Gasteiger partial charge in [0.1, 0.15) is 11.6 Å². The fourth-order valence-electron chi connectivity index (χ4n) is 1.54. The summed E-state index contributed by atoms with van der Waals surface area (Å²) in [6.45, 7) is 0. The minimum atomic E-state index is -3.33. The van der Waals surface area contributed by atoms with Crippen LogP contribution in [0.2, 0.25) is 0 Å².